The van der Waals surface area contributed by atoms with E-state index in [0.29, 0.717) is 20.3 Å². The van der Waals surface area contributed by atoms with Gasteiger partial charge < -0.3 is 5.73 Å². The van der Waals surface area contributed by atoms with Crippen LogP contribution in [0.1, 0.15) is 5.56 Å². The number of benzene rings is 2. The number of rotatable bonds is 1. The van der Waals surface area contributed by atoms with Crippen molar-refractivity contribution in [3.8, 4) is 11.8 Å². The summed E-state index contributed by atoms with van der Waals surface area (Å²) in [6.45, 7) is 0. The molecule has 0 fully saturated rings. The third-order valence-electron chi connectivity index (χ3n) is 3.05. The molecule has 104 valence electrons. The average molecular weight is 396 g/mol. The second-order valence-corrected chi connectivity index (χ2v) is 5.50. The molecule has 2 N–H and O–H groups in total. The fraction of sp³-hybridized carbons (Fsp3) is 0. The molecule has 2 aromatic carbocycles. The van der Waals surface area contributed by atoms with Gasteiger partial charge in [-0.15, -0.1) is 0 Å². The zero-order valence-electron chi connectivity index (χ0n) is 10.4. The normalized spacial score (nSPS) is 10.8. The van der Waals surface area contributed by atoms with Crippen molar-refractivity contribution in [2.45, 2.75) is 0 Å². The van der Waals surface area contributed by atoms with E-state index in [1.54, 1.807) is 12.1 Å². The molecule has 21 heavy (non-hydrogen) atoms. The number of imidazole rings is 1. The SMILES string of the molecule is N#Cc1cc(-n2c(N)nc3cc(I)c(F)cc32)ccc1F. The predicted octanol–water partition coefficient (Wildman–Crippen LogP) is 3.36. The van der Waals surface area contributed by atoms with Gasteiger partial charge >= 0.3 is 0 Å². The highest BCUT2D eigenvalue weighted by molar-refractivity contribution is 14.1. The minimum atomic E-state index is -0.620. The zero-order valence-corrected chi connectivity index (χ0v) is 12.6. The third kappa shape index (κ3) is 2.21. The van der Waals surface area contributed by atoms with Gasteiger partial charge in [-0.25, -0.2) is 13.8 Å². The number of nitrogens with two attached hydrogens (primary N) is 1. The molecule has 3 aromatic rings. The Hall–Kier alpha value is -2.21. The molecule has 0 aliphatic rings. The molecule has 0 saturated heterocycles. The standard InChI is InChI=1S/C14H7F2IN4/c15-9-2-1-8(3-7(9)6-18)21-13-4-10(16)11(17)5-12(13)20-14(21)19/h1-5H,(H2,19,20). The summed E-state index contributed by atoms with van der Waals surface area (Å²) in [6, 6.07) is 8.63. The lowest BCUT2D eigenvalue weighted by atomic mass is 10.2. The molecule has 0 atom stereocenters. The van der Waals surface area contributed by atoms with Gasteiger partial charge in [0.2, 0.25) is 5.95 Å². The molecule has 0 radical (unpaired) electrons. The Kier molecular flexibility index (Phi) is 3.25. The van der Waals surface area contributed by atoms with Gasteiger partial charge in [0.1, 0.15) is 17.7 Å². The molecule has 0 saturated carbocycles. The Labute approximate surface area is 131 Å². The van der Waals surface area contributed by atoms with E-state index in [-0.39, 0.29) is 11.5 Å². The molecule has 4 nitrogen and oxygen atoms in total. The Balaban J connectivity index is 2.32. The van der Waals surface area contributed by atoms with E-state index in [1.165, 1.54) is 28.8 Å². The van der Waals surface area contributed by atoms with Crippen LogP contribution in [-0.2, 0) is 0 Å². The number of nitriles is 1. The van der Waals surface area contributed by atoms with Crippen LogP contribution in [0.4, 0.5) is 14.7 Å². The molecule has 0 unspecified atom stereocenters. The second-order valence-electron chi connectivity index (χ2n) is 4.34. The minimum Gasteiger partial charge on any atom is -0.369 e. The van der Waals surface area contributed by atoms with E-state index < -0.39 is 11.6 Å². The molecule has 1 aromatic heterocycles. The molecule has 0 aliphatic carbocycles. The smallest absolute Gasteiger partial charge is 0.205 e. The van der Waals surface area contributed by atoms with Crippen molar-refractivity contribution >= 4 is 39.6 Å². The van der Waals surface area contributed by atoms with Crippen LogP contribution >= 0.6 is 22.6 Å². The molecule has 1 heterocycles. The second kappa shape index (κ2) is 4.96. The highest BCUT2D eigenvalue weighted by Crippen LogP contribution is 2.27. The number of anilines is 1. The van der Waals surface area contributed by atoms with E-state index in [9.17, 15) is 8.78 Å². The van der Waals surface area contributed by atoms with E-state index in [4.69, 9.17) is 11.0 Å². The summed E-state index contributed by atoms with van der Waals surface area (Å²) < 4.78 is 29.1. The average Bonchev–Trinajstić information content (AvgIpc) is 2.75. The first kappa shape index (κ1) is 13.8. The van der Waals surface area contributed by atoms with Crippen LogP contribution in [0.2, 0.25) is 0 Å². The van der Waals surface area contributed by atoms with Crippen molar-refractivity contribution < 1.29 is 8.78 Å². The van der Waals surface area contributed by atoms with Crippen molar-refractivity contribution in [1.82, 2.24) is 9.55 Å². The summed E-state index contributed by atoms with van der Waals surface area (Å²) in [5.74, 6) is -0.876. The van der Waals surface area contributed by atoms with Crippen molar-refractivity contribution in [1.29, 1.82) is 5.26 Å². The first-order chi connectivity index (χ1) is 10.0. The van der Waals surface area contributed by atoms with Crippen LogP contribution in [0, 0.1) is 26.5 Å². The molecule has 7 heteroatoms. The summed E-state index contributed by atoms with van der Waals surface area (Å²) in [7, 11) is 0. The lowest BCUT2D eigenvalue weighted by Gasteiger charge is -2.07. The monoisotopic (exact) mass is 396 g/mol. The minimum absolute atomic E-state index is 0.111. The summed E-state index contributed by atoms with van der Waals surface area (Å²) in [4.78, 5) is 4.16. The molecular weight excluding hydrogens is 389 g/mol. The summed E-state index contributed by atoms with van der Waals surface area (Å²) >= 11 is 1.87. The Morgan fingerprint density at radius 1 is 1.19 bits per heavy atom. The van der Waals surface area contributed by atoms with Crippen LogP contribution < -0.4 is 5.73 Å². The van der Waals surface area contributed by atoms with Crippen LogP contribution in [0.3, 0.4) is 0 Å². The van der Waals surface area contributed by atoms with E-state index in [2.05, 4.69) is 4.98 Å². The molecule has 0 spiro atoms. The molecule has 0 amide bonds. The van der Waals surface area contributed by atoms with Gasteiger partial charge in [0, 0.05) is 6.07 Å². The lowest BCUT2D eigenvalue weighted by Crippen LogP contribution is -2.01. The fourth-order valence-electron chi connectivity index (χ4n) is 2.10. The number of aromatic nitrogens is 2. The quantitative estimate of drug-likeness (QED) is 0.642. The first-order valence-corrected chi connectivity index (χ1v) is 6.92. The number of hydrogen-bond acceptors (Lipinski definition) is 3. The third-order valence-corrected chi connectivity index (χ3v) is 3.88. The topological polar surface area (TPSA) is 67.6 Å². The summed E-state index contributed by atoms with van der Waals surface area (Å²) in [6.07, 6.45) is 0. The highest BCUT2D eigenvalue weighted by atomic mass is 127. The van der Waals surface area contributed by atoms with Crippen molar-refractivity contribution in [3.63, 3.8) is 0 Å². The van der Waals surface area contributed by atoms with Crippen LogP contribution in [0.25, 0.3) is 16.7 Å². The molecular formula is C14H7F2IN4. The number of nitrogens with zero attached hydrogens (tertiary/aromatic N) is 3. The van der Waals surface area contributed by atoms with Crippen LogP contribution in [0.15, 0.2) is 30.3 Å². The molecule has 3 rings (SSSR count). The van der Waals surface area contributed by atoms with Gasteiger partial charge in [0.15, 0.2) is 0 Å². The van der Waals surface area contributed by atoms with Gasteiger partial charge in [-0.05, 0) is 46.9 Å². The summed E-state index contributed by atoms with van der Waals surface area (Å²) in [5, 5.41) is 8.90. The van der Waals surface area contributed by atoms with Crippen molar-refractivity contribution in [3.05, 3.63) is 51.1 Å². The Morgan fingerprint density at radius 3 is 2.67 bits per heavy atom. The van der Waals surface area contributed by atoms with Gasteiger partial charge in [0.05, 0.1) is 25.9 Å². The predicted molar refractivity (Wildman–Crippen MR) is 82.8 cm³/mol. The van der Waals surface area contributed by atoms with Crippen molar-refractivity contribution in [2.75, 3.05) is 5.73 Å². The number of hydrogen-bond donors (Lipinski definition) is 1. The highest BCUT2D eigenvalue weighted by Gasteiger charge is 2.14. The number of fused-ring (bicyclic) bond motifs is 1. The number of nitrogen functional groups attached to an aromatic ring is 1. The maximum atomic E-state index is 13.8. The lowest BCUT2D eigenvalue weighted by molar-refractivity contribution is 0.621. The van der Waals surface area contributed by atoms with Crippen molar-refractivity contribution in [2.24, 2.45) is 0 Å². The largest absolute Gasteiger partial charge is 0.369 e. The van der Waals surface area contributed by atoms with Gasteiger partial charge in [-0.3, -0.25) is 4.57 Å². The van der Waals surface area contributed by atoms with E-state index in [0.717, 1.165) is 0 Å². The molecule has 0 aliphatic heterocycles. The molecule has 0 bridgehead atoms. The zero-order chi connectivity index (χ0) is 15.1. The van der Waals surface area contributed by atoms with Gasteiger partial charge in [-0.2, -0.15) is 5.26 Å². The Morgan fingerprint density at radius 2 is 1.95 bits per heavy atom. The van der Waals surface area contributed by atoms with Gasteiger partial charge in [0.25, 0.3) is 0 Å². The fourth-order valence-corrected chi connectivity index (χ4v) is 2.55. The van der Waals surface area contributed by atoms with Crippen LogP contribution in [0.5, 0.6) is 0 Å². The van der Waals surface area contributed by atoms with E-state index >= 15 is 0 Å². The number of halogens is 3. The van der Waals surface area contributed by atoms with E-state index in [1.807, 2.05) is 22.6 Å². The van der Waals surface area contributed by atoms with Gasteiger partial charge in [-0.1, -0.05) is 0 Å². The van der Waals surface area contributed by atoms with Crippen LogP contribution in [-0.4, -0.2) is 9.55 Å². The maximum Gasteiger partial charge on any atom is 0.205 e. The maximum absolute atomic E-state index is 13.8. The summed E-state index contributed by atoms with van der Waals surface area (Å²) in [5.41, 5.74) is 7.19. The first-order valence-electron chi connectivity index (χ1n) is 5.84. The Bertz CT molecular complexity index is 911.